The van der Waals surface area contributed by atoms with Crippen molar-refractivity contribution in [2.75, 3.05) is 43.0 Å². The van der Waals surface area contributed by atoms with Gasteiger partial charge < -0.3 is 15.0 Å². The molecule has 0 aliphatic carbocycles. The van der Waals surface area contributed by atoms with Crippen LogP contribution in [0.3, 0.4) is 0 Å². The molecule has 0 radical (unpaired) electrons. The molecule has 1 N–H and O–H groups in total. The largest absolute Gasteiger partial charge is 0.462 e. The minimum absolute atomic E-state index is 0.147. The fraction of sp³-hybridized carbons (Fsp3) is 0.333. The predicted octanol–water partition coefficient (Wildman–Crippen LogP) is 3.53. The summed E-state index contributed by atoms with van der Waals surface area (Å²) in [6.45, 7) is 6.85. The van der Waals surface area contributed by atoms with Gasteiger partial charge in [-0.2, -0.15) is 0 Å². The molecule has 1 amide bonds. The summed E-state index contributed by atoms with van der Waals surface area (Å²) in [6.07, 6.45) is 3.47. The van der Waals surface area contributed by atoms with E-state index in [0.717, 1.165) is 36.6 Å². The zero-order valence-electron chi connectivity index (χ0n) is 18.7. The van der Waals surface area contributed by atoms with Gasteiger partial charge in [0.25, 0.3) is 0 Å². The first-order valence-corrected chi connectivity index (χ1v) is 11.8. The fourth-order valence-electron chi connectivity index (χ4n) is 3.73. The molecule has 1 fully saturated rings. The number of hydrogen-bond acceptors (Lipinski definition) is 8. The molecule has 4 rings (SSSR count). The second-order valence-corrected chi connectivity index (χ2v) is 8.73. The van der Waals surface area contributed by atoms with Crippen LogP contribution in [0.1, 0.15) is 24.2 Å². The lowest BCUT2D eigenvalue weighted by Gasteiger charge is -2.37. The lowest BCUT2D eigenvalue weighted by atomic mass is 10.1. The van der Waals surface area contributed by atoms with Gasteiger partial charge in [0.1, 0.15) is 5.00 Å². The second-order valence-electron chi connectivity index (χ2n) is 7.68. The van der Waals surface area contributed by atoms with Gasteiger partial charge in [0.05, 0.1) is 18.2 Å². The van der Waals surface area contributed by atoms with Crippen molar-refractivity contribution in [2.24, 2.45) is 0 Å². The Balaban J connectivity index is 1.45. The van der Waals surface area contributed by atoms with Gasteiger partial charge in [-0.15, -0.1) is 11.3 Å². The highest BCUT2D eigenvalue weighted by Gasteiger charge is 2.28. The summed E-state index contributed by atoms with van der Waals surface area (Å²) in [4.78, 5) is 39.4. The van der Waals surface area contributed by atoms with Crippen LogP contribution in [-0.4, -0.2) is 65.6 Å². The van der Waals surface area contributed by atoms with E-state index in [9.17, 15) is 9.59 Å². The number of anilines is 2. The molecule has 9 heteroatoms. The Bertz CT molecular complexity index is 1080. The van der Waals surface area contributed by atoms with Crippen molar-refractivity contribution in [3.05, 3.63) is 60.4 Å². The molecule has 3 heterocycles. The van der Waals surface area contributed by atoms with Crippen LogP contribution in [0.2, 0.25) is 0 Å². The fourth-order valence-corrected chi connectivity index (χ4v) is 4.79. The molecule has 8 nitrogen and oxygen atoms in total. The highest BCUT2D eigenvalue weighted by molar-refractivity contribution is 7.20. The Hall–Kier alpha value is -3.30. The number of aromatic nitrogens is 2. The summed E-state index contributed by atoms with van der Waals surface area (Å²) in [5.41, 5.74) is 1.37. The Morgan fingerprint density at radius 2 is 1.79 bits per heavy atom. The summed E-state index contributed by atoms with van der Waals surface area (Å²) >= 11 is 1.38. The van der Waals surface area contributed by atoms with Gasteiger partial charge in [0.15, 0.2) is 0 Å². The van der Waals surface area contributed by atoms with Crippen LogP contribution in [0.25, 0.3) is 10.4 Å². The number of rotatable bonds is 7. The van der Waals surface area contributed by atoms with E-state index in [-0.39, 0.29) is 18.6 Å². The zero-order valence-corrected chi connectivity index (χ0v) is 19.5. The average molecular weight is 466 g/mol. The number of nitrogens with one attached hydrogen (secondary N) is 1. The van der Waals surface area contributed by atoms with E-state index in [0.29, 0.717) is 16.5 Å². The molecule has 3 aromatic rings. The smallest absolute Gasteiger partial charge is 0.341 e. The number of hydrogen-bond donors (Lipinski definition) is 1. The number of carbonyl (C=O) groups excluding carboxylic acids is 2. The summed E-state index contributed by atoms with van der Waals surface area (Å²) in [5.74, 6) is 0.127. The minimum atomic E-state index is -0.435. The van der Waals surface area contributed by atoms with Crippen LogP contribution in [0.15, 0.2) is 54.9 Å². The van der Waals surface area contributed by atoms with Gasteiger partial charge in [-0.3, -0.25) is 9.69 Å². The van der Waals surface area contributed by atoms with Gasteiger partial charge in [-0.1, -0.05) is 30.3 Å². The topological polar surface area (TPSA) is 87.7 Å². The van der Waals surface area contributed by atoms with E-state index in [4.69, 9.17) is 4.74 Å². The molecule has 0 saturated carbocycles. The summed E-state index contributed by atoms with van der Waals surface area (Å²) in [5, 5.41) is 3.49. The third-order valence-corrected chi connectivity index (χ3v) is 6.70. The molecule has 0 spiro atoms. The van der Waals surface area contributed by atoms with Crippen LogP contribution in [-0.2, 0) is 9.53 Å². The number of esters is 1. The lowest BCUT2D eigenvalue weighted by Crippen LogP contribution is -2.53. The standard InChI is InChI=1S/C24H27N5O3S/c1-3-32-23(31)19-16-20(18-8-5-4-6-9-18)33-22(19)27-21(30)17(2)28-12-14-29(15-13-28)24-25-10-7-11-26-24/h4-11,16-17H,3,12-15H2,1-2H3,(H,27,30)/t17-/m0/s1. The summed E-state index contributed by atoms with van der Waals surface area (Å²) in [7, 11) is 0. The normalized spacial score (nSPS) is 15.2. The Morgan fingerprint density at radius 1 is 1.09 bits per heavy atom. The predicted molar refractivity (Wildman–Crippen MR) is 130 cm³/mol. The maximum atomic E-state index is 13.1. The molecule has 2 aromatic heterocycles. The SMILES string of the molecule is CCOC(=O)c1cc(-c2ccccc2)sc1NC(=O)[C@H](C)N1CCN(c2ncccn2)CC1. The van der Waals surface area contributed by atoms with Gasteiger partial charge in [-0.25, -0.2) is 14.8 Å². The summed E-state index contributed by atoms with van der Waals surface area (Å²) in [6, 6.07) is 13.0. The molecule has 1 aliphatic heterocycles. The van der Waals surface area contributed by atoms with Crippen LogP contribution in [0.5, 0.6) is 0 Å². The molecule has 1 aliphatic rings. The number of ether oxygens (including phenoxy) is 1. The van der Waals surface area contributed by atoms with Gasteiger partial charge >= 0.3 is 5.97 Å². The van der Waals surface area contributed by atoms with Crippen LogP contribution in [0, 0.1) is 0 Å². The number of nitrogens with zero attached hydrogens (tertiary/aromatic N) is 4. The van der Waals surface area contributed by atoms with Crippen LogP contribution in [0.4, 0.5) is 10.9 Å². The number of benzene rings is 1. The molecule has 1 saturated heterocycles. The third-order valence-electron chi connectivity index (χ3n) is 5.60. The highest BCUT2D eigenvalue weighted by Crippen LogP contribution is 2.36. The Kier molecular flexibility index (Phi) is 7.31. The third kappa shape index (κ3) is 5.37. The van der Waals surface area contributed by atoms with Crippen molar-refractivity contribution in [3.8, 4) is 10.4 Å². The van der Waals surface area contributed by atoms with Crippen molar-refractivity contribution in [3.63, 3.8) is 0 Å². The van der Waals surface area contributed by atoms with E-state index in [1.807, 2.05) is 37.3 Å². The number of thiophene rings is 1. The molecule has 0 unspecified atom stereocenters. The maximum absolute atomic E-state index is 13.1. The van der Waals surface area contributed by atoms with Crippen LogP contribution >= 0.6 is 11.3 Å². The van der Waals surface area contributed by atoms with Crippen molar-refractivity contribution in [1.82, 2.24) is 14.9 Å². The molecule has 172 valence electrons. The first-order valence-electron chi connectivity index (χ1n) is 11.0. The molecule has 1 atom stereocenters. The van der Waals surface area contributed by atoms with Gasteiger partial charge in [-0.05, 0) is 31.5 Å². The quantitative estimate of drug-likeness (QED) is 0.534. The first-order chi connectivity index (χ1) is 16.1. The average Bonchev–Trinajstić information content (AvgIpc) is 3.29. The van der Waals surface area contributed by atoms with E-state index in [1.165, 1.54) is 11.3 Å². The Morgan fingerprint density at radius 3 is 2.45 bits per heavy atom. The minimum Gasteiger partial charge on any atom is -0.462 e. The highest BCUT2D eigenvalue weighted by atomic mass is 32.1. The van der Waals surface area contributed by atoms with Crippen molar-refractivity contribution in [1.29, 1.82) is 0 Å². The maximum Gasteiger partial charge on any atom is 0.341 e. The first kappa shape index (κ1) is 22.9. The number of carbonyl (C=O) groups is 2. The summed E-state index contributed by atoms with van der Waals surface area (Å²) < 4.78 is 5.22. The number of amides is 1. The molecular formula is C24H27N5O3S. The van der Waals surface area contributed by atoms with Gasteiger partial charge in [0.2, 0.25) is 11.9 Å². The van der Waals surface area contributed by atoms with Crippen molar-refractivity contribution in [2.45, 2.75) is 19.9 Å². The van der Waals surface area contributed by atoms with E-state index in [1.54, 1.807) is 31.5 Å². The zero-order chi connectivity index (χ0) is 23.2. The van der Waals surface area contributed by atoms with Gasteiger partial charge in [0, 0.05) is 43.4 Å². The van der Waals surface area contributed by atoms with Crippen molar-refractivity contribution < 1.29 is 14.3 Å². The molecular weight excluding hydrogens is 438 g/mol. The lowest BCUT2D eigenvalue weighted by molar-refractivity contribution is -0.120. The molecule has 0 bridgehead atoms. The van der Waals surface area contributed by atoms with E-state index in [2.05, 4.69) is 25.1 Å². The number of piperazine rings is 1. The Labute approximate surface area is 197 Å². The van der Waals surface area contributed by atoms with E-state index >= 15 is 0 Å². The second kappa shape index (κ2) is 10.5. The monoisotopic (exact) mass is 465 g/mol. The van der Waals surface area contributed by atoms with E-state index < -0.39 is 5.97 Å². The molecule has 1 aromatic carbocycles. The van der Waals surface area contributed by atoms with Crippen molar-refractivity contribution >= 4 is 34.2 Å². The van der Waals surface area contributed by atoms with Crippen LogP contribution < -0.4 is 10.2 Å². The molecule has 33 heavy (non-hydrogen) atoms.